The predicted molar refractivity (Wildman–Crippen MR) is 130 cm³/mol. The van der Waals surface area contributed by atoms with Crippen LogP contribution < -0.4 is 0 Å². The zero-order chi connectivity index (χ0) is 24.3. The minimum absolute atomic E-state index is 0.0894. The highest BCUT2D eigenvalue weighted by Crippen LogP contribution is 2.30. The maximum absolute atomic E-state index is 13.0. The summed E-state index contributed by atoms with van der Waals surface area (Å²) in [6.07, 6.45) is -2.49. The standard InChI is InChI=1S/C25H21ClF3N3OS/c1-16-10-11-32-23(12-16)30-17(2)24(32)22(15-34-21-8-6-20(26)7-9-21)31-33-14-18-4-3-5-19(13-18)25(27,28)29/h3-13H,14-15H2,1-2H3/b31-22-. The molecule has 4 aromatic rings. The summed E-state index contributed by atoms with van der Waals surface area (Å²) in [7, 11) is 0. The number of nitrogens with zero attached hydrogens (tertiary/aromatic N) is 3. The van der Waals surface area contributed by atoms with E-state index in [2.05, 4.69) is 10.1 Å². The third-order valence-electron chi connectivity index (χ3n) is 5.08. The number of hydrogen-bond donors (Lipinski definition) is 0. The molecule has 0 fully saturated rings. The molecule has 0 saturated carbocycles. The Kier molecular flexibility index (Phi) is 7.19. The fraction of sp³-hybridized carbons (Fsp3) is 0.200. The number of rotatable bonds is 7. The van der Waals surface area contributed by atoms with Gasteiger partial charge in [0.15, 0.2) is 0 Å². The van der Waals surface area contributed by atoms with Crippen LogP contribution in [0.3, 0.4) is 0 Å². The Morgan fingerprint density at radius 2 is 1.85 bits per heavy atom. The van der Waals surface area contributed by atoms with Crippen LogP contribution in [0.4, 0.5) is 13.2 Å². The molecule has 0 radical (unpaired) electrons. The van der Waals surface area contributed by atoms with E-state index in [0.717, 1.165) is 39.6 Å². The normalized spacial score (nSPS) is 12.4. The van der Waals surface area contributed by atoms with E-state index in [4.69, 9.17) is 16.4 Å². The number of benzene rings is 2. The fourth-order valence-electron chi connectivity index (χ4n) is 3.45. The zero-order valence-corrected chi connectivity index (χ0v) is 20.0. The Hall–Kier alpha value is -2.97. The van der Waals surface area contributed by atoms with Crippen molar-refractivity contribution in [2.45, 2.75) is 31.5 Å². The van der Waals surface area contributed by atoms with Crippen molar-refractivity contribution in [2.75, 3.05) is 5.75 Å². The third kappa shape index (κ3) is 5.74. The minimum Gasteiger partial charge on any atom is -0.391 e. The second kappa shape index (κ2) is 10.1. The molecule has 34 heavy (non-hydrogen) atoms. The lowest BCUT2D eigenvalue weighted by atomic mass is 10.1. The molecule has 2 heterocycles. The van der Waals surface area contributed by atoms with Gasteiger partial charge in [-0.2, -0.15) is 13.2 Å². The predicted octanol–water partition coefficient (Wildman–Crippen LogP) is 7.34. The smallest absolute Gasteiger partial charge is 0.391 e. The molecule has 4 rings (SSSR count). The number of halogens is 4. The van der Waals surface area contributed by atoms with E-state index in [-0.39, 0.29) is 6.61 Å². The van der Waals surface area contributed by atoms with Crippen LogP contribution in [0.1, 0.15) is 28.1 Å². The molecular weight excluding hydrogens is 483 g/mol. The number of aryl methyl sites for hydroxylation is 2. The first-order valence-electron chi connectivity index (χ1n) is 10.4. The van der Waals surface area contributed by atoms with Crippen molar-refractivity contribution >= 4 is 34.7 Å². The summed E-state index contributed by atoms with van der Waals surface area (Å²) >= 11 is 7.53. The van der Waals surface area contributed by atoms with Gasteiger partial charge < -0.3 is 4.84 Å². The topological polar surface area (TPSA) is 38.9 Å². The van der Waals surface area contributed by atoms with E-state index in [1.54, 1.807) is 17.8 Å². The first kappa shape index (κ1) is 24.2. The molecule has 0 aliphatic heterocycles. The SMILES string of the molecule is Cc1ccn2c(/C(CSc3ccc(Cl)cc3)=N\OCc3cccc(C(F)(F)F)c3)c(C)nc2c1. The van der Waals surface area contributed by atoms with E-state index in [1.807, 2.05) is 60.8 Å². The summed E-state index contributed by atoms with van der Waals surface area (Å²) in [4.78, 5) is 11.2. The van der Waals surface area contributed by atoms with E-state index < -0.39 is 11.7 Å². The average Bonchev–Trinajstić information content (AvgIpc) is 3.11. The van der Waals surface area contributed by atoms with Crippen LogP contribution in [-0.4, -0.2) is 20.8 Å². The molecule has 0 amide bonds. The Balaban J connectivity index is 1.62. The van der Waals surface area contributed by atoms with Gasteiger partial charge in [-0.25, -0.2) is 4.98 Å². The summed E-state index contributed by atoms with van der Waals surface area (Å²) in [5.41, 5.74) is 3.73. The van der Waals surface area contributed by atoms with Crippen LogP contribution in [0, 0.1) is 13.8 Å². The molecule has 4 nitrogen and oxygen atoms in total. The summed E-state index contributed by atoms with van der Waals surface area (Å²) in [6.45, 7) is 3.80. The summed E-state index contributed by atoms with van der Waals surface area (Å²) in [5, 5.41) is 5.00. The number of aromatic nitrogens is 2. The molecule has 176 valence electrons. The fourth-order valence-corrected chi connectivity index (χ4v) is 4.40. The molecular formula is C25H21ClF3N3OS. The van der Waals surface area contributed by atoms with E-state index in [0.29, 0.717) is 22.1 Å². The molecule has 0 N–H and O–H groups in total. The number of imidazole rings is 1. The minimum atomic E-state index is -4.41. The van der Waals surface area contributed by atoms with Gasteiger partial charge >= 0.3 is 6.18 Å². The largest absolute Gasteiger partial charge is 0.416 e. The lowest BCUT2D eigenvalue weighted by molar-refractivity contribution is -0.137. The van der Waals surface area contributed by atoms with Gasteiger partial charge in [0.2, 0.25) is 0 Å². The first-order chi connectivity index (χ1) is 16.2. The Labute approximate surface area is 204 Å². The number of oxime groups is 1. The van der Waals surface area contributed by atoms with Gasteiger partial charge in [-0.15, -0.1) is 11.8 Å². The molecule has 0 atom stereocenters. The van der Waals surface area contributed by atoms with Crippen LogP contribution in [0.15, 0.2) is 76.9 Å². The van der Waals surface area contributed by atoms with Crippen molar-refractivity contribution in [2.24, 2.45) is 5.16 Å². The van der Waals surface area contributed by atoms with Crippen LogP contribution in [-0.2, 0) is 17.6 Å². The number of pyridine rings is 1. The monoisotopic (exact) mass is 503 g/mol. The van der Waals surface area contributed by atoms with Gasteiger partial charge in [0.25, 0.3) is 0 Å². The summed E-state index contributed by atoms with van der Waals surface area (Å²) in [5.74, 6) is 0.465. The summed E-state index contributed by atoms with van der Waals surface area (Å²) < 4.78 is 41.0. The van der Waals surface area contributed by atoms with Gasteiger partial charge in [0.05, 0.1) is 17.0 Å². The molecule has 9 heteroatoms. The van der Waals surface area contributed by atoms with E-state index in [1.165, 1.54) is 6.07 Å². The van der Waals surface area contributed by atoms with Crippen LogP contribution >= 0.6 is 23.4 Å². The van der Waals surface area contributed by atoms with Gasteiger partial charge in [-0.1, -0.05) is 28.9 Å². The number of hydrogen-bond acceptors (Lipinski definition) is 4. The summed E-state index contributed by atoms with van der Waals surface area (Å²) in [6, 6.07) is 16.5. The Bertz CT molecular complexity index is 1330. The number of thioether (sulfide) groups is 1. The first-order valence-corrected chi connectivity index (χ1v) is 11.8. The molecule has 0 unspecified atom stereocenters. The van der Waals surface area contributed by atoms with E-state index >= 15 is 0 Å². The molecule has 0 aliphatic carbocycles. The molecule has 0 saturated heterocycles. The molecule has 0 bridgehead atoms. The van der Waals surface area contributed by atoms with Gasteiger partial charge in [0, 0.05) is 21.9 Å². The highest BCUT2D eigenvalue weighted by atomic mass is 35.5. The van der Waals surface area contributed by atoms with Crippen LogP contribution in [0.25, 0.3) is 5.65 Å². The second-order valence-electron chi connectivity index (χ2n) is 7.73. The highest BCUT2D eigenvalue weighted by Gasteiger charge is 2.30. The lowest BCUT2D eigenvalue weighted by Gasteiger charge is -2.10. The Morgan fingerprint density at radius 3 is 2.59 bits per heavy atom. The van der Waals surface area contributed by atoms with Crippen molar-refractivity contribution in [1.82, 2.24) is 9.38 Å². The van der Waals surface area contributed by atoms with Crippen molar-refractivity contribution in [3.8, 4) is 0 Å². The third-order valence-corrected chi connectivity index (χ3v) is 6.35. The van der Waals surface area contributed by atoms with Gasteiger partial charge in [-0.05, 0) is 73.5 Å². The van der Waals surface area contributed by atoms with Crippen LogP contribution in [0.5, 0.6) is 0 Å². The zero-order valence-electron chi connectivity index (χ0n) is 18.4. The van der Waals surface area contributed by atoms with E-state index in [9.17, 15) is 13.2 Å². The second-order valence-corrected chi connectivity index (χ2v) is 9.22. The molecule has 2 aromatic carbocycles. The van der Waals surface area contributed by atoms with Crippen molar-refractivity contribution in [3.63, 3.8) is 0 Å². The number of alkyl halides is 3. The quantitative estimate of drug-likeness (QED) is 0.150. The average molecular weight is 504 g/mol. The van der Waals surface area contributed by atoms with Gasteiger partial charge in [0.1, 0.15) is 18.0 Å². The number of fused-ring (bicyclic) bond motifs is 1. The molecule has 0 spiro atoms. The maximum Gasteiger partial charge on any atom is 0.416 e. The van der Waals surface area contributed by atoms with Crippen molar-refractivity contribution in [3.05, 3.63) is 100.0 Å². The molecule has 0 aliphatic rings. The lowest BCUT2D eigenvalue weighted by Crippen LogP contribution is -2.11. The van der Waals surface area contributed by atoms with Crippen LogP contribution in [0.2, 0.25) is 5.02 Å². The molecule has 2 aromatic heterocycles. The van der Waals surface area contributed by atoms with Crippen molar-refractivity contribution < 1.29 is 18.0 Å². The highest BCUT2D eigenvalue weighted by molar-refractivity contribution is 8.00. The Morgan fingerprint density at radius 1 is 1.09 bits per heavy atom. The van der Waals surface area contributed by atoms with Gasteiger partial charge in [-0.3, -0.25) is 4.40 Å². The maximum atomic E-state index is 13.0. The van der Waals surface area contributed by atoms with Crippen molar-refractivity contribution in [1.29, 1.82) is 0 Å².